The second-order valence-corrected chi connectivity index (χ2v) is 6.90. The van der Waals surface area contributed by atoms with E-state index in [4.69, 9.17) is 5.11 Å². The first-order chi connectivity index (χ1) is 12.7. The van der Waals surface area contributed by atoms with E-state index < -0.39 is 5.97 Å². The summed E-state index contributed by atoms with van der Waals surface area (Å²) in [7, 11) is 0. The van der Waals surface area contributed by atoms with Gasteiger partial charge in [-0.3, -0.25) is 14.4 Å². The van der Waals surface area contributed by atoms with E-state index >= 15 is 0 Å². The fraction of sp³-hybridized carbons (Fsp3) is 0.286. The largest absolute Gasteiger partial charge is 0.481 e. The summed E-state index contributed by atoms with van der Waals surface area (Å²) in [4.78, 5) is 35.2. The molecule has 0 unspecified atom stereocenters. The predicted molar refractivity (Wildman–Crippen MR) is 105 cm³/mol. The Morgan fingerprint density at radius 3 is 2.41 bits per heavy atom. The third-order valence-corrected chi connectivity index (χ3v) is 3.90. The van der Waals surface area contributed by atoms with Crippen molar-refractivity contribution in [1.29, 1.82) is 0 Å². The number of hydrogen-bond donors (Lipinski definition) is 3. The fourth-order valence-corrected chi connectivity index (χ4v) is 2.65. The van der Waals surface area contributed by atoms with Crippen molar-refractivity contribution in [3.05, 3.63) is 59.2 Å². The third kappa shape index (κ3) is 6.26. The number of nitrogens with one attached hydrogen (secondary N) is 2. The van der Waals surface area contributed by atoms with Crippen molar-refractivity contribution < 1.29 is 19.5 Å². The van der Waals surface area contributed by atoms with Crippen LogP contribution in [0.2, 0.25) is 0 Å². The molecule has 0 spiro atoms. The summed E-state index contributed by atoms with van der Waals surface area (Å²) < 4.78 is 0. The standard InChI is InChI=1S/C21H24N2O4/c1-13(2)9-19(24)23-18-8-7-16(10-14(18)3)21(27)22-17-6-4-5-15(11-17)12-20(25)26/h4-8,10-11,13H,9,12H2,1-3H3,(H,22,27)(H,23,24)(H,25,26). The van der Waals surface area contributed by atoms with Gasteiger partial charge in [0.2, 0.25) is 5.91 Å². The van der Waals surface area contributed by atoms with Crippen LogP contribution in [0.25, 0.3) is 0 Å². The number of rotatable bonds is 7. The van der Waals surface area contributed by atoms with Gasteiger partial charge in [0.05, 0.1) is 6.42 Å². The van der Waals surface area contributed by atoms with Gasteiger partial charge in [0.25, 0.3) is 5.91 Å². The van der Waals surface area contributed by atoms with Gasteiger partial charge in [0.1, 0.15) is 0 Å². The van der Waals surface area contributed by atoms with Crippen molar-refractivity contribution in [2.45, 2.75) is 33.6 Å². The highest BCUT2D eigenvalue weighted by molar-refractivity contribution is 6.05. The molecule has 3 N–H and O–H groups in total. The number of hydrogen-bond acceptors (Lipinski definition) is 3. The highest BCUT2D eigenvalue weighted by Crippen LogP contribution is 2.19. The number of aliphatic carboxylic acids is 1. The molecular weight excluding hydrogens is 344 g/mol. The van der Waals surface area contributed by atoms with Crippen LogP contribution in [0, 0.1) is 12.8 Å². The Morgan fingerprint density at radius 1 is 1.04 bits per heavy atom. The minimum absolute atomic E-state index is 0.0550. The Hall–Kier alpha value is -3.15. The summed E-state index contributed by atoms with van der Waals surface area (Å²) in [6.45, 7) is 5.78. The topological polar surface area (TPSA) is 95.5 Å². The molecule has 0 atom stereocenters. The first-order valence-corrected chi connectivity index (χ1v) is 8.77. The van der Waals surface area contributed by atoms with Crippen molar-refractivity contribution in [3.8, 4) is 0 Å². The molecule has 2 amide bonds. The van der Waals surface area contributed by atoms with Gasteiger partial charge in [-0.15, -0.1) is 0 Å². The molecule has 0 aliphatic rings. The molecule has 142 valence electrons. The van der Waals surface area contributed by atoms with E-state index in [0.29, 0.717) is 28.9 Å². The lowest BCUT2D eigenvalue weighted by Gasteiger charge is -2.12. The summed E-state index contributed by atoms with van der Waals surface area (Å²) in [6.07, 6.45) is 0.335. The summed E-state index contributed by atoms with van der Waals surface area (Å²) >= 11 is 0. The first-order valence-electron chi connectivity index (χ1n) is 8.77. The van der Waals surface area contributed by atoms with Crippen LogP contribution in [0.3, 0.4) is 0 Å². The van der Waals surface area contributed by atoms with Gasteiger partial charge in [-0.05, 0) is 54.3 Å². The van der Waals surface area contributed by atoms with Crippen molar-refractivity contribution in [2.24, 2.45) is 5.92 Å². The predicted octanol–water partition coefficient (Wildman–Crippen LogP) is 3.86. The van der Waals surface area contributed by atoms with E-state index in [9.17, 15) is 14.4 Å². The van der Waals surface area contributed by atoms with Gasteiger partial charge in [0, 0.05) is 23.4 Å². The van der Waals surface area contributed by atoms with Crippen LogP contribution in [0.5, 0.6) is 0 Å². The van der Waals surface area contributed by atoms with Gasteiger partial charge in [-0.2, -0.15) is 0 Å². The lowest BCUT2D eigenvalue weighted by molar-refractivity contribution is -0.136. The number of carboxylic acids is 1. The molecule has 6 nitrogen and oxygen atoms in total. The minimum atomic E-state index is -0.927. The molecule has 0 aliphatic carbocycles. The van der Waals surface area contributed by atoms with Crippen LogP contribution < -0.4 is 10.6 Å². The highest BCUT2D eigenvalue weighted by Gasteiger charge is 2.11. The fourth-order valence-electron chi connectivity index (χ4n) is 2.65. The van der Waals surface area contributed by atoms with Gasteiger partial charge in [-0.1, -0.05) is 26.0 Å². The number of anilines is 2. The lowest BCUT2D eigenvalue weighted by atomic mass is 10.1. The molecule has 0 aromatic heterocycles. The SMILES string of the molecule is Cc1cc(C(=O)Nc2cccc(CC(=O)O)c2)ccc1NC(=O)CC(C)C. The summed E-state index contributed by atoms with van der Waals surface area (Å²) in [5.41, 5.74) is 3.07. The van der Waals surface area contributed by atoms with Gasteiger partial charge in [-0.25, -0.2) is 0 Å². The number of amides is 2. The number of aryl methyl sites for hydroxylation is 1. The Kier molecular flexibility index (Phi) is 6.71. The van der Waals surface area contributed by atoms with Crippen LogP contribution in [0.15, 0.2) is 42.5 Å². The van der Waals surface area contributed by atoms with Gasteiger partial charge >= 0.3 is 5.97 Å². The summed E-state index contributed by atoms with van der Waals surface area (Å²) in [6, 6.07) is 11.8. The Bertz CT molecular complexity index is 859. The van der Waals surface area contributed by atoms with Crippen molar-refractivity contribution >= 4 is 29.2 Å². The Labute approximate surface area is 158 Å². The molecular formula is C21H24N2O4. The smallest absolute Gasteiger partial charge is 0.307 e. The molecule has 0 heterocycles. The van der Waals surface area contributed by atoms with E-state index in [1.165, 1.54) is 0 Å². The van der Waals surface area contributed by atoms with Crippen LogP contribution in [-0.2, 0) is 16.0 Å². The molecule has 2 aromatic rings. The van der Waals surface area contributed by atoms with E-state index in [0.717, 1.165) is 5.56 Å². The van der Waals surface area contributed by atoms with Crippen LogP contribution in [0.1, 0.15) is 41.8 Å². The Balaban J connectivity index is 2.08. The van der Waals surface area contributed by atoms with E-state index in [-0.39, 0.29) is 24.2 Å². The first kappa shape index (κ1) is 20.2. The average molecular weight is 368 g/mol. The number of carbonyl (C=O) groups excluding carboxylic acids is 2. The van der Waals surface area contributed by atoms with E-state index in [1.54, 1.807) is 42.5 Å². The maximum Gasteiger partial charge on any atom is 0.307 e. The molecule has 0 bridgehead atoms. The second-order valence-electron chi connectivity index (χ2n) is 6.90. The number of carboxylic acid groups (broad SMARTS) is 1. The monoisotopic (exact) mass is 368 g/mol. The molecule has 2 aromatic carbocycles. The van der Waals surface area contributed by atoms with Crippen LogP contribution in [-0.4, -0.2) is 22.9 Å². The molecule has 0 aliphatic heterocycles. The lowest BCUT2D eigenvalue weighted by Crippen LogP contribution is -2.16. The normalized spacial score (nSPS) is 10.5. The molecule has 2 rings (SSSR count). The molecule has 6 heteroatoms. The maximum absolute atomic E-state index is 12.5. The van der Waals surface area contributed by atoms with Gasteiger partial charge in [0.15, 0.2) is 0 Å². The molecule has 0 saturated heterocycles. The quantitative estimate of drug-likeness (QED) is 0.691. The van der Waals surface area contributed by atoms with E-state index in [2.05, 4.69) is 10.6 Å². The van der Waals surface area contributed by atoms with Crippen LogP contribution >= 0.6 is 0 Å². The maximum atomic E-state index is 12.5. The van der Waals surface area contributed by atoms with Crippen molar-refractivity contribution in [3.63, 3.8) is 0 Å². The van der Waals surface area contributed by atoms with Gasteiger partial charge < -0.3 is 15.7 Å². The molecule has 0 radical (unpaired) electrons. The number of benzene rings is 2. The zero-order chi connectivity index (χ0) is 20.0. The minimum Gasteiger partial charge on any atom is -0.481 e. The summed E-state index contributed by atoms with van der Waals surface area (Å²) in [5, 5.41) is 14.5. The highest BCUT2D eigenvalue weighted by atomic mass is 16.4. The molecule has 0 fully saturated rings. The van der Waals surface area contributed by atoms with Crippen LogP contribution in [0.4, 0.5) is 11.4 Å². The zero-order valence-electron chi connectivity index (χ0n) is 15.7. The third-order valence-electron chi connectivity index (χ3n) is 3.90. The average Bonchev–Trinajstić information content (AvgIpc) is 2.55. The van der Waals surface area contributed by atoms with Crippen molar-refractivity contribution in [2.75, 3.05) is 10.6 Å². The number of carbonyl (C=O) groups is 3. The molecule has 27 heavy (non-hydrogen) atoms. The molecule has 0 saturated carbocycles. The second kappa shape index (κ2) is 8.98. The van der Waals surface area contributed by atoms with Crippen molar-refractivity contribution in [1.82, 2.24) is 0 Å². The summed E-state index contributed by atoms with van der Waals surface area (Å²) in [5.74, 6) is -1.01. The zero-order valence-corrected chi connectivity index (χ0v) is 15.7. The Morgan fingerprint density at radius 2 is 1.78 bits per heavy atom. The van der Waals surface area contributed by atoms with E-state index in [1.807, 2.05) is 20.8 Å².